The number of esters is 1. The molecule has 3 amide bonds. The lowest BCUT2D eigenvalue weighted by molar-refractivity contribution is -0.162. The van der Waals surface area contributed by atoms with Crippen LogP contribution in [0.5, 0.6) is 0 Å². The minimum Gasteiger partial charge on any atom is -0.460 e. The van der Waals surface area contributed by atoms with Gasteiger partial charge in [0.25, 0.3) is 0 Å². The van der Waals surface area contributed by atoms with Gasteiger partial charge in [-0.25, -0.2) is 4.79 Å². The van der Waals surface area contributed by atoms with Crippen molar-refractivity contribution in [3.8, 4) is 0 Å². The number of hydrogen-bond acceptors (Lipinski definition) is 8. The molecule has 0 heterocycles. The smallest absolute Gasteiger partial charge is 0.356 e. The lowest BCUT2D eigenvalue weighted by Gasteiger charge is -2.40. The van der Waals surface area contributed by atoms with Crippen molar-refractivity contribution < 1.29 is 33.5 Å². The molecule has 2 aliphatic carbocycles. The maximum atomic E-state index is 14.3. The number of ether oxygens (including phenoxy) is 1. The van der Waals surface area contributed by atoms with Gasteiger partial charge in [0.2, 0.25) is 17.7 Å². The zero-order valence-electron chi connectivity index (χ0n) is 26.7. The molecule has 0 bridgehead atoms. The molecule has 2 atom stereocenters. The van der Waals surface area contributed by atoms with Gasteiger partial charge in [-0.15, -0.1) is 5.48 Å². The summed E-state index contributed by atoms with van der Waals surface area (Å²) >= 11 is 0. The van der Waals surface area contributed by atoms with Crippen LogP contribution in [0.2, 0.25) is 0 Å². The molecule has 0 unspecified atom stereocenters. The topological polar surface area (TPSA) is 126 Å². The number of amides is 3. The van der Waals surface area contributed by atoms with Gasteiger partial charge < -0.3 is 24.3 Å². The zero-order chi connectivity index (χ0) is 31.9. The first-order valence-corrected chi connectivity index (χ1v) is 15.2. The van der Waals surface area contributed by atoms with Crippen molar-refractivity contribution in [3.05, 3.63) is 35.9 Å². The number of carbonyl (C=O) groups is 5. The molecule has 43 heavy (non-hydrogen) atoms. The van der Waals surface area contributed by atoms with Gasteiger partial charge in [0.1, 0.15) is 23.2 Å². The summed E-state index contributed by atoms with van der Waals surface area (Å²) in [5.41, 5.74) is 1.23. The average molecular weight is 601 g/mol. The minimum absolute atomic E-state index is 0.120. The second-order valence-electron chi connectivity index (χ2n) is 13.0. The SMILES string of the molecule is CN(C)C(=O)[C@H](CC(=O)OC(C)(C)C)N(C)C(=O)[C@H](C1CCCC1)N(C)C(=O)C1(NOC(=O)c2ccccc2)CCCC1. The fourth-order valence-corrected chi connectivity index (χ4v) is 6.13. The van der Waals surface area contributed by atoms with Gasteiger partial charge in [-0.2, -0.15) is 0 Å². The Morgan fingerprint density at radius 2 is 1.47 bits per heavy atom. The Morgan fingerprint density at radius 3 is 2.00 bits per heavy atom. The van der Waals surface area contributed by atoms with Crippen molar-refractivity contribution in [2.45, 2.75) is 102 Å². The van der Waals surface area contributed by atoms with Gasteiger partial charge in [-0.1, -0.05) is 43.9 Å². The third-order valence-corrected chi connectivity index (χ3v) is 8.37. The van der Waals surface area contributed by atoms with Crippen molar-refractivity contribution in [1.82, 2.24) is 20.2 Å². The van der Waals surface area contributed by atoms with Crippen LogP contribution in [0.1, 0.15) is 88.9 Å². The highest BCUT2D eigenvalue weighted by Crippen LogP contribution is 2.36. The van der Waals surface area contributed by atoms with Gasteiger partial charge in [-0.05, 0) is 64.5 Å². The lowest BCUT2D eigenvalue weighted by Crippen LogP contribution is -2.62. The molecule has 1 aromatic rings. The quantitative estimate of drug-likeness (QED) is 0.303. The third kappa shape index (κ3) is 8.55. The van der Waals surface area contributed by atoms with Crippen molar-refractivity contribution >= 4 is 29.7 Å². The number of hydroxylamine groups is 1. The molecular formula is C32H48N4O7. The van der Waals surface area contributed by atoms with E-state index >= 15 is 0 Å². The predicted molar refractivity (Wildman–Crippen MR) is 160 cm³/mol. The number of rotatable bonds is 11. The maximum absolute atomic E-state index is 14.3. The Labute approximate surface area is 255 Å². The van der Waals surface area contributed by atoms with Gasteiger partial charge in [0, 0.05) is 28.2 Å². The van der Waals surface area contributed by atoms with Gasteiger partial charge >= 0.3 is 11.9 Å². The summed E-state index contributed by atoms with van der Waals surface area (Å²) in [6.07, 6.45) is 5.45. The van der Waals surface area contributed by atoms with E-state index in [2.05, 4.69) is 5.48 Å². The Kier molecular flexibility index (Phi) is 11.3. The molecule has 0 aliphatic heterocycles. The van der Waals surface area contributed by atoms with Crippen molar-refractivity contribution in [3.63, 3.8) is 0 Å². The minimum atomic E-state index is -1.18. The summed E-state index contributed by atoms with van der Waals surface area (Å²) in [5.74, 6) is -2.48. The van der Waals surface area contributed by atoms with E-state index in [1.165, 1.54) is 21.7 Å². The normalized spacial score (nSPS) is 17.9. The summed E-state index contributed by atoms with van der Waals surface area (Å²) in [4.78, 5) is 76.8. The Hall–Kier alpha value is -3.47. The summed E-state index contributed by atoms with van der Waals surface area (Å²) in [6.45, 7) is 5.22. The van der Waals surface area contributed by atoms with Crippen LogP contribution < -0.4 is 5.48 Å². The number of hydrogen-bond donors (Lipinski definition) is 1. The molecule has 2 aliphatic rings. The Morgan fingerprint density at radius 1 is 0.884 bits per heavy atom. The highest BCUT2D eigenvalue weighted by Gasteiger charge is 2.49. The van der Waals surface area contributed by atoms with E-state index < -0.39 is 47.0 Å². The molecule has 1 aromatic carbocycles. The van der Waals surface area contributed by atoms with Crippen LogP contribution in [-0.2, 0) is 28.8 Å². The van der Waals surface area contributed by atoms with E-state index in [4.69, 9.17) is 9.57 Å². The number of benzene rings is 1. The highest BCUT2D eigenvalue weighted by molar-refractivity contribution is 5.96. The van der Waals surface area contributed by atoms with Crippen LogP contribution in [0.3, 0.4) is 0 Å². The summed E-state index contributed by atoms with van der Waals surface area (Å²) in [7, 11) is 6.25. The number of carbonyl (C=O) groups excluding carboxylic acids is 5. The predicted octanol–water partition coefficient (Wildman–Crippen LogP) is 3.33. The second-order valence-corrected chi connectivity index (χ2v) is 13.0. The van der Waals surface area contributed by atoms with Gasteiger partial charge in [0.05, 0.1) is 12.0 Å². The zero-order valence-corrected chi connectivity index (χ0v) is 26.7. The monoisotopic (exact) mass is 600 g/mol. The van der Waals surface area contributed by atoms with Crippen LogP contribution in [0.4, 0.5) is 0 Å². The highest BCUT2D eigenvalue weighted by atomic mass is 16.7. The first-order valence-electron chi connectivity index (χ1n) is 15.2. The van der Waals surface area contributed by atoms with Crippen molar-refractivity contribution in [2.24, 2.45) is 5.92 Å². The molecule has 3 rings (SSSR count). The maximum Gasteiger partial charge on any atom is 0.356 e. The Balaban J connectivity index is 1.87. The van der Waals surface area contributed by atoms with E-state index in [1.54, 1.807) is 72.2 Å². The summed E-state index contributed by atoms with van der Waals surface area (Å²) in [6, 6.07) is 6.55. The molecule has 238 valence electrons. The fraction of sp³-hybridized carbons (Fsp3) is 0.656. The van der Waals surface area contributed by atoms with Crippen LogP contribution in [0, 0.1) is 5.92 Å². The molecule has 0 aromatic heterocycles. The van der Waals surface area contributed by atoms with E-state index in [9.17, 15) is 24.0 Å². The van der Waals surface area contributed by atoms with Crippen molar-refractivity contribution in [1.29, 1.82) is 0 Å². The van der Waals surface area contributed by atoms with Crippen LogP contribution >= 0.6 is 0 Å². The third-order valence-electron chi connectivity index (χ3n) is 8.37. The molecule has 0 spiro atoms. The number of nitrogens with one attached hydrogen (secondary N) is 1. The molecule has 2 fully saturated rings. The summed E-state index contributed by atoms with van der Waals surface area (Å²) in [5, 5.41) is 0. The first-order chi connectivity index (χ1) is 20.2. The Bertz CT molecular complexity index is 1150. The fourth-order valence-electron chi connectivity index (χ4n) is 6.13. The number of likely N-dealkylation sites (N-methyl/N-ethyl adjacent to an activating group) is 3. The summed E-state index contributed by atoms with van der Waals surface area (Å²) < 4.78 is 5.47. The first kappa shape index (κ1) is 34.0. The largest absolute Gasteiger partial charge is 0.460 e. The second kappa shape index (κ2) is 14.3. The molecule has 2 saturated carbocycles. The van der Waals surface area contributed by atoms with E-state index in [1.807, 2.05) is 0 Å². The molecular weight excluding hydrogens is 552 g/mol. The van der Waals surface area contributed by atoms with E-state index in [0.717, 1.165) is 38.5 Å². The molecule has 11 nitrogen and oxygen atoms in total. The van der Waals surface area contributed by atoms with Crippen LogP contribution in [0.15, 0.2) is 30.3 Å². The molecule has 1 N–H and O–H groups in total. The van der Waals surface area contributed by atoms with Gasteiger partial charge in [0.15, 0.2) is 0 Å². The molecule has 0 saturated heterocycles. The average Bonchev–Trinajstić information content (AvgIpc) is 3.66. The van der Waals surface area contributed by atoms with E-state index in [-0.39, 0.29) is 18.2 Å². The van der Waals surface area contributed by atoms with Crippen LogP contribution in [-0.4, -0.2) is 95.8 Å². The van der Waals surface area contributed by atoms with E-state index in [0.29, 0.717) is 18.4 Å². The lowest BCUT2D eigenvalue weighted by atomic mass is 9.91. The van der Waals surface area contributed by atoms with Gasteiger partial charge in [-0.3, -0.25) is 19.2 Å². The number of nitrogens with zero attached hydrogens (tertiary/aromatic N) is 3. The van der Waals surface area contributed by atoms with Crippen molar-refractivity contribution in [2.75, 3.05) is 28.2 Å². The van der Waals surface area contributed by atoms with Crippen LogP contribution in [0.25, 0.3) is 0 Å². The molecule has 0 radical (unpaired) electrons. The molecule has 11 heteroatoms. The standard InChI is InChI=1S/C32H48N4O7/c1-31(2,3)42-25(37)21-24(27(38)34(4)5)35(6)28(39)26(22-15-11-12-16-22)36(7)30(41)32(19-13-14-20-32)33-43-29(40)23-17-9-8-10-18-23/h8-10,17-18,22,24,26,33H,11-16,19-21H2,1-7H3/t24-,26-/m0/s1.